The van der Waals surface area contributed by atoms with Gasteiger partial charge in [0.25, 0.3) is 17.4 Å². The second-order valence-electron chi connectivity index (χ2n) is 9.41. The SMILES string of the molecule is CCOC(=O)C(OC(=O)C(O)CNC(=O)c1ncc(C(=O)NC(c2ccccc2)c2ccccc2)c(=O)[nH]1)c1ccccc1. The molecule has 3 aromatic carbocycles. The largest absolute Gasteiger partial charge is 0.463 e. The second-order valence-corrected chi connectivity index (χ2v) is 9.41. The van der Waals surface area contributed by atoms with Gasteiger partial charge in [0.1, 0.15) is 5.56 Å². The molecule has 12 heteroatoms. The van der Waals surface area contributed by atoms with Crippen molar-refractivity contribution in [2.75, 3.05) is 13.2 Å². The number of ether oxygens (including phenoxy) is 2. The molecule has 44 heavy (non-hydrogen) atoms. The van der Waals surface area contributed by atoms with Crippen LogP contribution in [0.4, 0.5) is 0 Å². The lowest BCUT2D eigenvalue weighted by Gasteiger charge is -2.20. The molecule has 2 atom stereocenters. The number of rotatable bonds is 12. The van der Waals surface area contributed by atoms with Crippen molar-refractivity contribution in [1.82, 2.24) is 20.6 Å². The highest BCUT2D eigenvalue weighted by molar-refractivity contribution is 5.95. The van der Waals surface area contributed by atoms with Gasteiger partial charge in [-0.05, 0) is 18.1 Å². The van der Waals surface area contributed by atoms with Crippen molar-refractivity contribution in [3.05, 3.63) is 136 Å². The molecular formula is C32H30N4O8. The lowest BCUT2D eigenvalue weighted by molar-refractivity contribution is -0.173. The number of hydrogen-bond acceptors (Lipinski definition) is 9. The molecule has 226 valence electrons. The first-order chi connectivity index (χ1) is 21.3. The standard InChI is InChI=1S/C32H30N4O8/c1-2-43-32(42)26(22-16-10-5-11-17-22)44-31(41)24(37)19-34-30(40)27-33-18-23(29(39)36-27)28(38)35-25(20-12-6-3-7-13-20)21-14-8-4-9-15-21/h3-18,24-26,37H,2,19H2,1H3,(H,34,40)(H,35,38)(H,33,36,39). The third-order valence-corrected chi connectivity index (χ3v) is 6.37. The Morgan fingerprint density at radius 3 is 1.89 bits per heavy atom. The van der Waals surface area contributed by atoms with E-state index in [0.717, 1.165) is 17.3 Å². The average molecular weight is 599 g/mol. The van der Waals surface area contributed by atoms with E-state index in [9.17, 15) is 29.1 Å². The van der Waals surface area contributed by atoms with Gasteiger partial charge in [0, 0.05) is 11.8 Å². The molecule has 12 nitrogen and oxygen atoms in total. The Kier molecular flexibility index (Phi) is 10.7. The van der Waals surface area contributed by atoms with Crippen LogP contribution in [0.1, 0.15) is 56.7 Å². The normalized spacial score (nSPS) is 12.1. The van der Waals surface area contributed by atoms with Gasteiger partial charge in [-0.15, -0.1) is 0 Å². The predicted octanol–water partition coefficient (Wildman–Crippen LogP) is 2.23. The number of aromatic amines is 1. The van der Waals surface area contributed by atoms with E-state index >= 15 is 0 Å². The van der Waals surface area contributed by atoms with E-state index in [-0.39, 0.29) is 12.2 Å². The summed E-state index contributed by atoms with van der Waals surface area (Å²) in [5.41, 5.74) is 0.722. The van der Waals surface area contributed by atoms with Crippen LogP contribution in [0.2, 0.25) is 0 Å². The lowest BCUT2D eigenvalue weighted by atomic mass is 9.98. The van der Waals surface area contributed by atoms with Crippen molar-refractivity contribution in [1.29, 1.82) is 0 Å². The Labute approximate surface area is 252 Å². The summed E-state index contributed by atoms with van der Waals surface area (Å²) in [4.78, 5) is 69.4. The highest BCUT2D eigenvalue weighted by atomic mass is 16.6. The minimum Gasteiger partial charge on any atom is -0.463 e. The first-order valence-corrected chi connectivity index (χ1v) is 13.7. The van der Waals surface area contributed by atoms with Gasteiger partial charge in [0.2, 0.25) is 6.10 Å². The molecule has 4 N–H and O–H groups in total. The van der Waals surface area contributed by atoms with Crippen LogP contribution in [-0.4, -0.2) is 58.1 Å². The highest BCUT2D eigenvalue weighted by Crippen LogP contribution is 2.22. The Morgan fingerprint density at radius 2 is 1.36 bits per heavy atom. The molecule has 0 spiro atoms. The molecule has 0 fully saturated rings. The lowest BCUT2D eigenvalue weighted by Crippen LogP contribution is -2.40. The number of carbonyl (C=O) groups is 4. The van der Waals surface area contributed by atoms with Crippen molar-refractivity contribution >= 4 is 23.8 Å². The number of aromatic nitrogens is 2. The van der Waals surface area contributed by atoms with Gasteiger partial charge in [-0.3, -0.25) is 14.4 Å². The fraction of sp³-hybridized carbons (Fsp3) is 0.188. The van der Waals surface area contributed by atoms with Crippen molar-refractivity contribution in [3.8, 4) is 0 Å². The van der Waals surface area contributed by atoms with Crippen LogP contribution in [-0.2, 0) is 19.1 Å². The maximum atomic E-state index is 13.1. The Hall–Kier alpha value is -5.62. The number of hydrogen-bond donors (Lipinski definition) is 4. The number of amides is 2. The van der Waals surface area contributed by atoms with Gasteiger partial charge in [-0.1, -0.05) is 91.0 Å². The van der Waals surface area contributed by atoms with Gasteiger partial charge >= 0.3 is 11.9 Å². The second kappa shape index (κ2) is 15.0. The maximum Gasteiger partial charge on any atom is 0.352 e. The van der Waals surface area contributed by atoms with Crippen LogP contribution in [0.15, 0.2) is 102 Å². The monoisotopic (exact) mass is 598 g/mol. The summed E-state index contributed by atoms with van der Waals surface area (Å²) in [5.74, 6) is -4.11. The zero-order chi connectivity index (χ0) is 31.5. The topological polar surface area (TPSA) is 177 Å². The van der Waals surface area contributed by atoms with E-state index in [2.05, 4.69) is 20.6 Å². The zero-order valence-corrected chi connectivity index (χ0v) is 23.6. The van der Waals surface area contributed by atoms with Crippen molar-refractivity contribution in [2.24, 2.45) is 0 Å². The molecule has 0 aliphatic heterocycles. The zero-order valence-electron chi connectivity index (χ0n) is 23.6. The summed E-state index contributed by atoms with van der Waals surface area (Å²) in [6, 6.07) is 25.9. The summed E-state index contributed by atoms with van der Waals surface area (Å²) < 4.78 is 10.1. The third-order valence-electron chi connectivity index (χ3n) is 6.37. The first-order valence-electron chi connectivity index (χ1n) is 13.7. The van der Waals surface area contributed by atoms with Crippen LogP contribution in [0.3, 0.4) is 0 Å². The number of aliphatic hydroxyl groups excluding tert-OH is 1. The molecular weight excluding hydrogens is 568 g/mol. The molecule has 2 amide bonds. The number of H-pyrrole nitrogens is 1. The van der Waals surface area contributed by atoms with Gasteiger partial charge in [0.15, 0.2) is 11.9 Å². The number of carbonyl (C=O) groups excluding carboxylic acids is 4. The molecule has 0 aliphatic carbocycles. The number of benzene rings is 3. The molecule has 4 aromatic rings. The van der Waals surface area contributed by atoms with E-state index in [1.165, 1.54) is 0 Å². The Morgan fingerprint density at radius 1 is 0.818 bits per heavy atom. The van der Waals surface area contributed by atoms with E-state index in [4.69, 9.17) is 9.47 Å². The minimum atomic E-state index is -1.86. The molecule has 0 saturated heterocycles. The van der Waals surface area contributed by atoms with Crippen molar-refractivity contribution in [2.45, 2.75) is 25.2 Å². The minimum absolute atomic E-state index is 0.0462. The van der Waals surface area contributed by atoms with Crippen LogP contribution < -0.4 is 16.2 Å². The molecule has 0 bridgehead atoms. The van der Waals surface area contributed by atoms with Crippen LogP contribution in [0.5, 0.6) is 0 Å². The van der Waals surface area contributed by atoms with Crippen molar-refractivity contribution < 1.29 is 33.8 Å². The summed E-state index contributed by atoms with van der Waals surface area (Å²) in [5, 5.41) is 15.4. The van der Waals surface area contributed by atoms with E-state index in [1.807, 2.05) is 60.7 Å². The summed E-state index contributed by atoms with van der Waals surface area (Å²) >= 11 is 0. The molecule has 0 aliphatic rings. The van der Waals surface area contributed by atoms with E-state index < -0.39 is 59.9 Å². The van der Waals surface area contributed by atoms with E-state index in [1.54, 1.807) is 37.3 Å². The fourth-order valence-corrected chi connectivity index (χ4v) is 4.18. The number of aliphatic hydroxyl groups is 1. The molecule has 2 unspecified atom stereocenters. The Bertz CT molecular complexity index is 1610. The van der Waals surface area contributed by atoms with E-state index in [0.29, 0.717) is 5.56 Å². The van der Waals surface area contributed by atoms with Gasteiger partial charge in [-0.25, -0.2) is 14.6 Å². The van der Waals surface area contributed by atoms with Crippen LogP contribution in [0.25, 0.3) is 0 Å². The molecule has 1 aromatic heterocycles. The average Bonchev–Trinajstić information content (AvgIpc) is 3.05. The van der Waals surface area contributed by atoms with Crippen LogP contribution >= 0.6 is 0 Å². The fourth-order valence-electron chi connectivity index (χ4n) is 4.18. The molecule has 4 rings (SSSR count). The van der Waals surface area contributed by atoms with Gasteiger partial charge in [0.05, 0.1) is 19.2 Å². The summed E-state index contributed by atoms with van der Waals surface area (Å²) in [6.45, 7) is 1.02. The number of nitrogens with one attached hydrogen (secondary N) is 3. The predicted molar refractivity (Wildman–Crippen MR) is 157 cm³/mol. The summed E-state index contributed by atoms with van der Waals surface area (Å²) in [7, 11) is 0. The number of nitrogens with zero attached hydrogens (tertiary/aromatic N) is 1. The molecule has 0 saturated carbocycles. The highest BCUT2D eigenvalue weighted by Gasteiger charge is 2.30. The third kappa shape index (κ3) is 8.01. The van der Waals surface area contributed by atoms with Gasteiger partial charge in [-0.2, -0.15) is 0 Å². The first kappa shape index (κ1) is 31.3. The smallest absolute Gasteiger partial charge is 0.352 e. The van der Waals surface area contributed by atoms with Gasteiger partial charge < -0.3 is 30.2 Å². The van der Waals surface area contributed by atoms with Crippen LogP contribution in [0, 0.1) is 0 Å². The molecule has 0 radical (unpaired) electrons. The summed E-state index contributed by atoms with van der Waals surface area (Å²) in [6.07, 6.45) is -2.32. The Balaban J connectivity index is 1.39. The quantitative estimate of drug-likeness (QED) is 0.178. The van der Waals surface area contributed by atoms with Crippen molar-refractivity contribution in [3.63, 3.8) is 0 Å². The maximum absolute atomic E-state index is 13.1. The molecule has 1 heterocycles. The number of esters is 2.